The summed E-state index contributed by atoms with van der Waals surface area (Å²) in [5, 5.41) is 14.3. The number of carbonyl (C=O) groups excluding carboxylic acids is 3. The van der Waals surface area contributed by atoms with E-state index in [1.807, 2.05) is 36.4 Å². The summed E-state index contributed by atoms with van der Waals surface area (Å²) in [6.45, 7) is 5.24. The maximum absolute atomic E-state index is 13.0. The van der Waals surface area contributed by atoms with Crippen molar-refractivity contribution in [3.63, 3.8) is 0 Å². The summed E-state index contributed by atoms with van der Waals surface area (Å²) in [4.78, 5) is 37.4. The van der Waals surface area contributed by atoms with Gasteiger partial charge in [0.1, 0.15) is 17.2 Å². The zero-order chi connectivity index (χ0) is 24.9. The first kappa shape index (κ1) is 24.8. The molecular weight excluding hydrogens is 432 g/mol. The molecule has 3 amide bonds. The maximum Gasteiger partial charge on any atom is 0.408 e. The van der Waals surface area contributed by atoms with Gasteiger partial charge in [0.05, 0.1) is 11.6 Å². The van der Waals surface area contributed by atoms with Crippen molar-refractivity contribution in [2.75, 3.05) is 0 Å². The summed E-state index contributed by atoms with van der Waals surface area (Å²) in [6, 6.07) is 16.0. The number of hydrogen-bond donors (Lipinski definition) is 3. The molecule has 1 fully saturated rings. The average molecular weight is 463 g/mol. The minimum Gasteiger partial charge on any atom is -0.444 e. The molecule has 178 valence electrons. The van der Waals surface area contributed by atoms with Crippen molar-refractivity contribution in [2.45, 2.75) is 63.6 Å². The Bertz CT molecular complexity index is 1090. The number of primary amides is 1. The average Bonchev–Trinajstić information content (AvgIpc) is 2.75. The highest BCUT2D eigenvalue weighted by Gasteiger charge is 2.47. The molecule has 4 N–H and O–H groups in total. The van der Waals surface area contributed by atoms with Crippen molar-refractivity contribution in [3.8, 4) is 17.2 Å². The Morgan fingerprint density at radius 1 is 1.06 bits per heavy atom. The van der Waals surface area contributed by atoms with Crippen LogP contribution in [0.4, 0.5) is 4.79 Å². The van der Waals surface area contributed by atoms with Crippen molar-refractivity contribution in [1.82, 2.24) is 10.6 Å². The Balaban J connectivity index is 1.66. The summed E-state index contributed by atoms with van der Waals surface area (Å²) in [5.74, 6) is -1.10. The number of nitrogens with two attached hydrogens (primary N) is 1. The number of nitrogens with zero attached hydrogens (tertiary/aromatic N) is 1. The topological polar surface area (TPSA) is 134 Å². The lowest BCUT2D eigenvalue weighted by atomic mass is 9.76. The quantitative estimate of drug-likeness (QED) is 0.581. The van der Waals surface area contributed by atoms with Crippen molar-refractivity contribution < 1.29 is 19.1 Å². The molecule has 8 nitrogen and oxygen atoms in total. The van der Waals surface area contributed by atoms with E-state index in [1.165, 1.54) is 0 Å². The number of ether oxygens (including phenoxy) is 1. The fourth-order valence-corrected chi connectivity index (χ4v) is 3.76. The van der Waals surface area contributed by atoms with E-state index in [1.54, 1.807) is 32.9 Å². The largest absolute Gasteiger partial charge is 0.444 e. The zero-order valence-electron chi connectivity index (χ0n) is 19.7. The Kier molecular flexibility index (Phi) is 7.26. The number of carbonyl (C=O) groups is 3. The van der Waals surface area contributed by atoms with Gasteiger partial charge in [0, 0.05) is 6.42 Å². The molecule has 0 spiro atoms. The second-order valence-corrected chi connectivity index (χ2v) is 9.58. The minimum atomic E-state index is -1.10. The summed E-state index contributed by atoms with van der Waals surface area (Å²) in [7, 11) is 0. The van der Waals surface area contributed by atoms with Crippen LogP contribution >= 0.6 is 0 Å². The van der Waals surface area contributed by atoms with Gasteiger partial charge in [-0.15, -0.1) is 0 Å². The summed E-state index contributed by atoms with van der Waals surface area (Å²) in [5.41, 5.74) is 7.12. The van der Waals surface area contributed by atoms with Crippen LogP contribution in [-0.2, 0) is 20.7 Å². The van der Waals surface area contributed by atoms with Gasteiger partial charge < -0.3 is 21.1 Å². The molecule has 1 aliphatic carbocycles. The van der Waals surface area contributed by atoms with Gasteiger partial charge in [0.15, 0.2) is 0 Å². The van der Waals surface area contributed by atoms with E-state index in [2.05, 4.69) is 16.7 Å². The lowest BCUT2D eigenvalue weighted by Gasteiger charge is -2.41. The number of alkyl carbamates (subject to hydrolysis) is 1. The van der Waals surface area contributed by atoms with Gasteiger partial charge in [-0.25, -0.2) is 4.79 Å². The Labute approximate surface area is 199 Å². The van der Waals surface area contributed by atoms with Crippen LogP contribution in [0.1, 0.15) is 51.2 Å². The first-order valence-corrected chi connectivity index (χ1v) is 11.2. The Morgan fingerprint density at radius 2 is 1.62 bits per heavy atom. The van der Waals surface area contributed by atoms with Crippen LogP contribution in [0.25, 0.3) is 11.1 Å². The molecule has 34 heavy (non-hydrogen) atoms. The van der Waals surface area contributed by atoms with Gasteiger partial charge in [0.2, 0.25) is 11.8 Å². The van der Waals surface area contributed by atoms with E-state index in [-0.39, 0.29) is 6.42 Å². The highest BCUT2D eigenvalue weighted by atomic mass is 16.6. The van der Waals surface area contributed by atoms with Crippen LogP contribution in [0.2, 0.25) is 0 Å². The molecule has 8 heteroatoms. The second kappa shape index (κ2) is 9.96. The van der Waals surface area contributed by atoms with Crippen LogP contribution in [0.3, 0.4) is 0 Å². The van der Waals surface area contributed by atoms with Crippen molar-refractivity contribution in [2.24, 2.45) is 5.73 Å². The summed E-state index contributed by atoms with van der Waals surface area (Å²) >= 11 is 0. The molecule has 1 aliphatic rings. The predicted molar refractivity (Wildman–Crippen MR) is 127 cm³/mol. The molecular formula is C26H30N4O4. The zero-order valence-corrected chi connectivity index (χ0v) is 19.7. The maximum atomic E-state index is 13.0. The SMILES string of the molecule is CC(C)(C)OC(=O)NC1(C(=O)NC(Cc2ccc(-c3ccc(C#N)cc3)cc2)C(N)=O)CCC1. The molecule has 1 unspecified atom stereocenters. The van der Waals surface area contributed by atoms with Crippen LogP contribution in [0, 0.1) is 11.3 Å². The third-order valence-corrected chi connectivity index (χ3v) is 5.77. The highest BCUT2D eigenvalue weighted by Crippen LogP contribution is 2.32. The smallest absolute Gasteiger partial charge is 0.408 e. The predicted octanol–water partition coefficient (Wildman–Crippen LogP) is 3.19. The van der Waals surface area contributed by atoms with E-state index in [4.69, 9.17) is 15.7 Å². The fraction of sp³-hybridized carbons (Fsp3) is 0.385. The third-order valence-electron chi connectivity index (χ3n) is 5.77. The highest BCUT2D eigenvalue weighted by molar-refractivity contribution is 5.94. The second-order valence-electron chi connectivity index (χ2n) is 9.58. The van der Waals surface area contributed by atoms with Gasteiger partial charge in [-0.05, 0) is 68.9 Å². The monoisotopic (exact) mass is 462 g/mol. The van der Waals surface area contributed by atoms with Crippen molar-refractivity contribution in [1.29, 1.82) is 5.26 Å². The van der Waals surface area contributed by atoms with E-state index in [0.717, 1.165) is 23.1 Å². The molecule has 0 bridgehead atoms. The van der Waals surface area contributed by atoms with Gasteiger partial charge in [-0.1, -0.05) is 36.4 Å². The summed E-state index contributed by atoms with van der Waals surface area (Å²) < 4.78 is 5.29. The van der Waals surface area contributed by atoms with Gasteiger partial charge in [0.25, 0.3) is 0 Å². The molecule has 2 aromatic rings. The van der Waals surface area contributed by atoms with E-state index in [9.17, 15) is 14.4 Å². The molecule has 2 aromatic carbocycles. The number of hydrogen-bond acceptors (Lipinski definition) is 5. The molecule has 0 saturated heterocycles. The van der Waals surface area contributed by atoms with Crippen LogP contribution in [0.15, 0.2) is 48.5 Å². The Morgan fingerprint density at radius 3 is 2.06 bits per heavy atom. The van der Waals surface area contributed by atoms with E-state index < -0.39 is 35.1 Å². The van der Waals surface area contributed by atoms with Gasteiger partial charge >= 0.3 is 6.09 Å². The molecule has 1 atom stereocenters. The number of amides is 3. The lowest BCUT2D eigenvalue weighted by molar-refractivity contribution is -0.134. The van der Waals surface area contributed by atoms with Crippen LogP contribution < -0.4 is 16.4 Å². The van der Waals surface area contributed by atoms with E-state index in [0.29, 0.717) is 18.4 Å². The molecule has 0 heterocycles. The minimum absolute atomic E-state index is 0.219. The van der Waals surface area contributed by atoms with Crippen molar-refractivity contribution >= 4 is 17.9 Å². The normalized spacial score (nSPS) is 15.2. The standard InChI is InChI=1S/C26H30N4O4/c1-25(2,3)34-24(33)30-26(13-4-14-26)23(32)29-21(22(28)31)15-17-5-9-19(10-6-17)20-11-7-18(16-27)8-12-20/h5-12,21H,4,13-15H2,1-3H3,(H2,28,31)(H,29,32)(H,30,33). The van der Waals surface area contributed by atoms with Crippen molar-refractivity contribution in [3.05, 3.63) is 59.7 Å². The third kappa shape index (κ3) is 6.13. The van der Waals surface area contributed by atoms with Crippen LogP contribution in [0.5, 0.6) is 0 Å². The number of nitriles is 1. The molecule has 3 rings (SSSR count). The molecule has 0 radical (unpaired) electrons. The molecule has 0 aliphatic heterocycles. The fourth-order valence-electron chi connectivity index (χ4n) is 3.76. The summed E-state index contributed by atoms with van der Waals surface area (Å²) in [6.07, 6.45) is 1.25. The number of nitrogens with one attached hydrogen (secondary N) is 2. The van der Waals surface area contributed by atoms with E-state index >= 15 is 0 Å². The molecule has 0 aromatic heterocycles. The van der Waals surface area contributed by atoms with Gasteiger partial charge in [-0.2, -0.15) is 5.26 Å². The Hall–Kier alpha value is -3.86. The molecule has 1 saturated carbocycles. The van der Waals surface area contributed by atoms with Crippen LogP contribution in [-0.4, -0.2) is 35.1 Å². The number of rotatable bonds is 7. The lowest BCUT2D eigenvalue weighted by Crippen LogP contribution is -2.65. The van der Waals surface area contributed by atoms with Gasteiger partial charge in [-0.3, -0.25) is 9.59 Å². The first-order valence-electron chi connectivity index (χ1n) is 11.2. The number of benzene rings is 2. The first-order chi connectivity index (χ1) is 16.0.